The van der Waals surface area contributed by atoms with Crippen LogP contribution < -0.4 is 0 Å². The highest BCUT2D eigenvalue weighted by Gasteiger charge is 2.02. The maximum atomic E-state index is 6.04. The lowest BCUT2D eigenvalue weighted by Gasteiger charge is -2.05. The molecule has 0 bridgehead atoms. The van der Waals surface area contributed by atoms with E-state index in [0.717, 1.165) is 15.2 Å². The van der Waals surface area contributed by atoms with E-state index in [4.69, 9.17) is 11.6 Å². The zero-order chi connectivity index (χ0) is 9.97. The topological polar surface area (TPSA) is 17.8 Å². The second kappa shape index (κ2) is 4.15. The molecule has 0 aliphatic heterocycles. The summed E-state index contributed by atoms with van der Waals surface area (Å²) in [4.78, 5) is 0. The first-order valence-electron chi connectivity index (χ1n) is 4.18. The molecule has 1 heterocycles. The normalized spacial score (nSPS) is 10.4. The molecule has 4 heteroatoms. The number of benzene rings is 1. The first-order valence-corrected chi connectivity index (χ1v) is 5.35. The summed E-state index contributed by atoms with van der Waals surface area (Å²) in [6.07, 6.45) is 1.75. The minimum atomic E-state index is 0.688. The van der Waals surface area contributed by atoms with Crippen LogP contribution in [0.4, 0.5) is 0 Å². The maximum Gasteiger partial charge on any atom is 0.104 e. The first kappa shape index (κ1) is 9.74. The number of hydrogen-bond acceptors (Lipinski definition) is 1. The average molecular weight is 272 g/mol. The summed E-state index contributed by atoms with van der Waals surface area (Å²) in [5.41, 5.74) is 1.07. The monoisotopic (exact) mass is 270 g/mol. The van der Waals surface area contributed by atoms with Gasteiger partial charge in [0.2, 0.25) is 0 Å². The Labute approximate surface area is 95.6 Å². The number of rotatable bonds is 2. The lowest BCUT2D eigenvalue weighted by atomic mass is 10.2. The van der Waals surface area contributed by atoms with E-state index in [-0.39, 0.29) is 0 Å². The third-order valence-corrected chi connectivity index (χ3v) is 2.99. The Morgan fingerprint density at radius 1 is 1.29 bits per heavy atom. The van der Waals surface area contributed by atoms with E-state index in [1.54, 1.807) is 6.20 Å². The van der Waals surface area contributed by atoms with E-state index in [0.29, 0.717) is 6.54 Å². The Balaban J connectivity index is 2.28. The van der Waals surface area contributed by atoms with Gasteiger partial charge in [-0.25, -0.2) is 0 Å². The molecule has 0 atom stereocenters. The largest absolute Gasteiger partial charge is 0.254 e. The molecule has 72 valence electrons. The fourth-order valence-electron chi connectivity index (χ4n) is 1.22. The summed E-state index contributed by atoms with van der Waals surface area (Å²) in [6.45, 7) is 0.688. The maximum absolute atomic E-state index is 6.04. The number of halogens is 2. The van der Waals surface area contributed by atoms with E-state index in [1.807, 2.05) is 35.0 Å². The van der Waals surface area contributed by atoms with Crippen LogP contribution in [0.3, 0.4) is 0 Å². The van der Waals surface area contributed by atoms with Crippen LogP contribution in [0.25, 0.3) is 0 Å². The van der Waals surface area contributed by atoms with Crippen molar-refractivity contribution < 1.29 is 0 Å². The molecule has 0 spiro atoms. The van der Waals surface area contributed by atoms with Crippen LogP contribution in [0.5, 0.6) is 0 Å². The van der Waals surface area contributed by atoms with Gasteiger partial charge in [-0.15, -0.1) is 0 Å². The van der Waals surface area contributed by atoms with E-state index in [1.165, 1.54) is 0 Å². The quantitative estimate of drug-likeness (QED) is 0.819. The number of hydrogen-bond donors (Lipinski definition) is 0. The molecule has 0 unspecified atom stereocenters. The van der Waals surface area contributed by atoms with Crippen LogP contribution in [-0.2, 0) is 6.54 Å². The number of aromatic nitrogens is 2. The van der Waals surface area contributed by atoms with Gasteiger partial charge in [-0.1, -0.05) is 29.8 Å². The van der Waals surface area contributed by atoms with E-state index < -0.39 is 0 Å². The van der Waals surface area contributed by atoms with Crippen molar-refractivity contribution in [3.63, 3.8) is 0 Å². The van der Waals surface area contributed by atoms with Gasteiger partial charge in [0.05, 0.1) is 12.7 Å². The highest BCUT2D eigenvalue weighted by molar-refractivity contribution is 9.10. The number of nitrogens with zero attached hydrogens (tertiary/aromatic N) is 2. The molecule has 1 aromatic carbocycles. The third-order valence-electron chi connectivity index (χ3n) is 1.94. The van der Waals surface area contributed by atoms with Crippen molar-refractivity contribution in [1.29, 1.82) is 0 Å². The Kier molecular flexibility index (Phi) is 2.89. The van der Waals surface area contributed by atoms with Crippen molar-refractivity contribution in [2.45, 2.75) is 6.54 Å². The summed E-state index contributed by atoms with van der Waals surface area (Å²) in [7, 11) is 0. The summed E-state index contributed by atoms with van der Waals surface area (Å²) in [5, 5.41) is 4.94. The molecule has 0 N–H and O–H groups in total. The van der Waals surface area contributed by atoms with Crippen molar-refractivity contribution in [2.24, 2.45) is 0 Å². The zero-order valence-electron chi connectivity index (χ0n) is 7.32. The average Bonchev–Trinajstić information content (AvgIpc) is 2.56. The minimum Gasteiger partial charge on any atom is -0.254 e. The molecule has 0 saturated carbocycles. The molecule has 2 nitrogen and oxygen atoms in total. The molecule has 2 aromatic rings. The molecular weight excluding hydrogens is 263 g/mol. The Bertz CT molecular complexity index is 439. The summed E-state index contributed by atoms with van der Waals surface area (Å²) in [6, 6.07) is 9.67. The van der Waals surface area contributed by atoms with Gasteiger partial charge in [0.15, 0.2) is 0 Å². The summed E-state index contributed by atoms with van der Waals surface area (Å²) < 4.78 is 2.80. The predicted molar refractivity (Wildman–Crippen MR) is 60.5 cm³/mol. The molecular formula is C10H8BrClN2. The van der Waals surface area contributed by atoms with E-state index in [9.17, 15) is 0 Å². The second-order valence-corrected chi connectivity index (χ2v) is 4.12. The molecule has 2 rings (SSSR count). The predicted octanol–water partition coefficient (Wildman–Crippen LogP) is 3.35. The van der Waals surface area contributed by atoms with Crippen molar-refractivity contribution >= 4 is 27.5 Å². The third kappa shape index (κ3) is 1.99. The molecule has 0 aliphatic carbocycles. The smallest absolute Gasteiger partial charge is 0.104 e. The molecule has 1 aromatic heterocycles. The van der Waals surface area contributed by atoms with Gasteiger partial charge in [-0.3, -0.25) is 4.68 Å². The van der Waals surface area contributed by atoms with Gasteiger partial charge in [-0.2, -0.15) is 5.10 Å². The zero-order valence-corrected chi connectivity index (χ0v) is 9.66. The van der Waals surface area contributed by atoms with Crippen molar-refractivity contribution in [3.8, 4) is 0 Å². The lowest BCUT2D eigenvalue weighted by Crippen LogP contribution is -2.01. The standard InChI is InChI=1S/C10H8BrClN2/c11-10-5-6-13-14(10)7-8-3-1-2-4-9(8)12/h1-6H,7H2. The van der Waals surface area contributed by atoms with Crippen LogP contribution in [0.1, 0.15) is 5.56 Å². The minimum absolute atomic E-state index is 0.688. The Hall–Kier alpha value is -0.800. The van der Waals surface area contributed by atoms with Crippen molar-refractivity contribution in [3.05, 3.63) is 51.7 Å². The second-order valence-electron chi connectivity index (χ2n) is 2.90. The van der Waals surface area contributed by atoms with Gasteiger partial charge in [-0.05, 0) is 33.6 Å². The van der Waals surface area contributed by atoms with Crippen molar-refractivity contribution in [1.82, 2.24) is 9.78 Å². The van der Waals surface area contributed by atoms with Crippen LogP contribution in [0, 0.1) is 0 Å². The molecule has 0 amide bonds. The van der Waals surface area contributed by atoms with Gasteiger partial charge < -0.3 is 0 Å². The Morgan fingerprint density at radius 3 is 2.71 bits per heavy atom. The first-order chi connectivity index (χ1) is 6.77. The highest BCUT2D eigenvalue weighted by atomic mass is 79.9. The summed E-state index contributed by atoms with van der Waals surface area (Å²) in [5.74, 6) is 0. The molecule has 0 aliphatic rings. The van der Waals surface area contributed by atoms with E-state index >= 15 is 0 Å². The summed E-state index contributed by atoms with van der Waals surface area (Å²) >= 11 is 9.44. The fraction of sp³-hybridized carbons (Fsp3) is 0.100. The lowest BCUT2D eigenvalue weighted by molar-refractivity contribution is 0.672. The Morgan fingerprint density at radius 2 is 2.07 bits per heavy atom. The van der Waals surface area contributed by atoms with E-state index in [2.05, 4.69) is 21.0 Å². The van der Waals surface area contributed by atoms with Crippen LogP contribution in [-0.4, -0.2) is 9.78 Å². The highest BCUT2D eigenvalue weighted by Crippen LogP contribution is 2.18. The van der Waals surface area contributed by atoms with Gasteiger partial charge in [0.25, 0.3) is 0 Å². The van der Waals surface area contributed by atoms with Gasteiger partial charge >= 0.3 is 0 Å². The SMILES string of the molecule is Clc1ccccc1Cn1nccc1Br. The van der Waals surface area contributed by atoms with Gasteiger partial charge in [0.1, 0.15) is 4.60 Å². The van der Waals surface area contributed by atoms with Crippen molar-refractivity contribution in [2.75, 3.05) is 0 Å². The van der Waals surface area contributed by atoms with Crippen LogP contribution in [0.2, 0.25) is 5.02 Å². The molecule has 0 radical (unpaired) electrons. The van der Waals surface area contributed by atoms with Gasteiger partial charge in [0, 0.05) is 5.02 Å². The van der Waals surface area contributed by atoms with Crippen LogP contribution >= 0.6 is 27.5 Å². The fourth-order valence-corrected chi connectivity index (χ4v) is 1.75. The molecule has 0 saturated heterocycles. The molecule has 0 fully saturated rings. The molecule has 14 heavy (non-hydrogen) atoms. The van der Waals surface area contributed by atoms with Crippen LogP contribution in [0.15, 0.2) is 41.1 Å².